The number of nitrogens with two attached hydrogens (primary N) is 1. The van der Waals surface area contributed by atoms with E-state index in [2.05, 4.69) is 18.7 Å². The van der Waals surface area contributed by atoms with Crippen molar-refractivity contribution < 1.29 is 9.53 Å². The second kappa shape index (κ2) is 6.21. The summed E-state index contributed by atoms with van der Waals surface area (Å²) < 4.78 is 4.92. The highest BCUT2D eigenvalue weighted by Gasteiger charge is 2.27. The Bertz CT molecular complexity index is 233. The zero-order valence-corrected chi connectivity index (χ0v) is 10.6. The number of esters is 1. The molecular formula is C12H24N2O2. The van der Waals surface area contributed by atoms with Crippen LogP contribution in [0, 0.1) is 5.92 Å². The molecule has 0 aliphatic carbocycles. The molecule has 0 radical (unpaired) electrons. The molecular weight excluding hydrogens is 204 g/mol. The maximum absolute atomic E-state index is 11.4. The summed E-state index contributed by atoms with van der Waals surface area (Å²) in [5, 5.41) is 0. The normalized spacial score (nSPS) is 28.8. The Labute approximate surface area is 98.1 Å². The van der Waals surface area contributed by atoms with E-state index in [9.17, 15) is 4.79 Å². The van der Waals surface area contributed by atoms with Crippen LogP contribution in [0.4, 0.5) is 0 Å². The summed E-state index contributed by atoms with van der Waals surface area (Å²) in [6, 6.07) is 0.00178. The van der Waals surface area contributed by atoms with Crippen LogP contribution in [0.3, 0.4) is 0 Å². The molecule has 0 spiro atoms. The van der Waals surface area contributed by atoms with E-state index >= 15 is 0 Å². The standard InChI is InChI=1S/C12H24N2O2/c1-4-16-12(15)11(13)8-14-7-5-6-9(2)10(14)3/h9-11H,4-8,13H2,1-3H3. The summed E-state index contributed by atoms with van der Waals surface area (Å²) in [6.45, 7) is 8.33. The van der Waals surface area contributed by atoms with E-state index in [0.717, 1.165) is 6.54 Å². The van der Waals surface area contributed by atoms with Crippen LogP contribution in [-0.2, 0) is 9.53 Å². The maximum atomic E-state index is 11.4. The summed E-state index contributed by atoms with van der Waals surface area (Å²) in [5.41, 5.74) is 5.83. The molecule has 1 fully saturated rings. The zero-order valence-electron chi connectivity index (χ0n) is 10.6. The first-order valence-corrected chi connectivity index (χ1v) is 6.22. The van der Waals surface area contributed by atoms with Gasteiger partial charge in [-0.1, -0.05) is 6.92 Å². The van der Waals surface area contributed by atoms with Crippen LogP contribution in [0.25, 0.3) is 0 Å². The van der Waals surface area contributed by atoms with Crippen LogP contribution in [0.2, 0.25) is 0 Å². The van der Waals surface area contributed by atoms with Crippen molar-refractivity contribution in [3.8, 4) is 0 Å². The minimum absolute atomic E-state index is 0.284. The zero-order chi connectivity index (χ0) is 12.1. The summed E-state index contributed by atoms with van der Waals surface area (Å²) >= 11 is 0. The molecule has 3 unspecified atom stereocenters. The topological polar surface area (TPSA) is 55.6 Å². The monoisotopic (exact) mass is 228 g/mol. The number of rotatable bonds is 4. The Morgan fingerprint density at radius 1 is 1.56 bits per heavy atom. The van der Waals surface area contributed by atoms with Gasteiger partial charge in [0.15, 0.2) is 0 Å². The molecule has 1 aliphatic rings. The first-order chi connectivity index (χ1) is 7.56. The third kappa shape index (κ3) is 3.46. The van der Waals surface area contributed by atoms with Gasteiger partial charge in [0, 0.05) is 12.6 Å². The van der Waals surface area contributed by atoms with Gasteiger partial charge in [0.25, 0.3) is 0 Å². The summed E-state index contributed by atoms with van der Waals surface area (Å²) in [5.74, 6) is 0.399. The van der Waals surface area contributed by atoms with Crippen LogP contribution >= 0.6 is 0 Å². The lowest BCUT2D eigenvalue weighted by Crippen LogP contribution is -2.50. The van der Waals surface area contributed by atoms with Crippen LogP contribution < -0.4 is 5.73 Å². The van der Waals surface area contributed by atoms with Crippen LogP contribution in [0.5, 0.6) is 0 Å². The number of carbonyl (C=O) groups excluding carboxylic acids is 1. The lowest BCUT2D eigenvalue weighted by Gasteiger charge is -2.38. The average molecular weight is 228 g/mol. The summed E-state index contributed by atoms with van der Waals surface area (Å²) in [4.78, 5) is 13.7. The third-order valence-electron chi connectivity index (χ3n) is 3.52. The molecule has 4 heteroatoms. The van der Waals surface area contributed by atoms with Gasteiger partial charge in [-0.05, 0) is 39.2 Å². The van der Waals surface area contributed by atoms with Crippen molar-refractivity contribution in [2.24, 2.45) is 11.7 Å². The Morgan fingerprint density at radius 3 is 2.88 bits per heavy atom. The van der Waals surface area contributed by atoms with E-state index in [0.29, 0.717) is 25.1 Å². The molecule has 0 aromatic heterocycles. The van der Waals surface area contributed by atoms with E-state index < -0.39 is 6.04 Å². The molecule has 0 amide bonds. The molecule has 3 atom stereocenters. The van der Waals surface area contributed by atoms with E-state index in [1.807, 2.05) is 0 Å². The first-order valence-electron chi connectivity index (χ1n) is 6.22. The van der Waals surface area contributed by atoms with E-state index in [-0.39, 0.29) is 5.97 Å². The highest BCUT2D eigenvalue weighted by Crippen LogP contribution is 2.22. The lowest BCUT2D eigenvalue weighted by atomic mass is 9.92. The van der Waals surface area contributed by atoms with Crippen molar-refractivity contribution in [1.29, 1.82) is 0 Å². The largest absolute Gasteiger partial charge is 0.465 e. The van der Waals surface area contributed by atoms with E-state index in [4.69, 9.17) is 10.5 Å². The van der Waals surface area contributed by atoms with Gasteiger partial charge in [-0.3, -0.25) is 9.69 Å². The fourth-order valence-corrected chi connectivity index (χ4v) is 2.26. The van der Waals surface area contributed by atoms with Gasteiger partial charge in [0.05, 0.1) is 6.61 Å². The number of likely N-dealkylation sites (tertiary alicyclic amines) is 1. The second-order valence-electron chi connectivity index (χ2n) is 4.71. The van der Waals surface area contributed by atoms with Gasteiger partial charge < -0.3 is 10.5 Å². The minimum atomic E-state index is -0.507. The fraction of sp³-hybridized carbons (Fsp3) is 0.917. The predicted molar refractivity (Wildman–Crippen MR) is 64.0 cm³/mol. The first kappa shape index (κ1) is 13.5. The van der Waals surface area contributed by atoms with Gasteiger partial charge in [-0.25, -0.2) is 0 Å². The maximum Gasteiger partial charge on any atom is 0.324 e. The molecule has 1 heterocycles. The fourth-order valence-electron chi connectivity index (χ4n) is 2.26. The van der Waals surface area contributed by atoms with Crippen molar-refractivity contribution in [2.75, 3.05) is 19.7 Å². The highest BCUT2D eigenvalue weighted by atomic mass is 16.5. The van der Waals surface area contributed by atoms with Gasteiger partial charge in [0.2, 0.25) is 0 Å². The van der Waals surface area contributed by atoms with Crippen molar-refractivity contribution >= 4 is 5.97 Å². The molecule has 1 aliphatic heterocycles. The molecule has 0 aromatic rings. The second-order valence-corrected chi connectivity index (χ2v) is 4.71. The number of nitrogens with zero attached hydrogens (tertiary/aromatic N) is 1. The van der Waals surface area contributed by atoms with Crippen molar-refractivity contribution in [3.63, 3.8) is 0 Å². The number of hydrogen-bond acceptors (Lipinski definition) is 4. The van der Waals surface area contributed by atoms with Crippen molar-refractivity contribution in [2.45, 2.75) is 45.7 Å². The molecule has 0 aromatic carbocycles. The Morgan fingerprint density at radius 2 is 2.25 bits per heavy atom. The molecule has 4 nitrogen and oxygen atoms in total. The highest BCUT2D eigenvalue weighted by molar-refractivity contribution is 5.75. The average Bonchev–Trinajstić information content (AvgIpc) is 2.25. The molecule has 0 bridgehead atoms. The minimum Gasteiger partial charge on any atom is -0.465 e. The Kier molecular flexibility index (Phi) is 5.22. The van der Waals surface area contributed by atoms with Gasteiger partial charge >= 0.3 is 5.97 Å². The third-order valence-corrected chi connectivity index (χ3v) is 3.52. The number of carbonyl (C=O) groups is 1. The predicted octanol–water partition coefficient (Wildman–Crippen LogP) is 0.997. The van der Waals surface area contributed by atoms with E-state index in [1.165, 1.54) is 12.8 Å². The van der Waals surface area contributed by atoms with Gasteiger partial charge in [-0.2, -0.15) is 0 Å². The Balaban J connectivity index is 2.43. The smallest absolute Gasteiger partial charge is 0.324 e. The molecule has 2 N–H and O–H groups in total. The van der Waals surface area contributed by atoms with Gasteiger partial charge in [-0.15, -0.1) is 0 Å². The molecule has 1 rings (SSSR count). The van der Waals surface area contributed by atoms with Crippen LogP contribution in [0.1, 0.15) is 33.6 Å². The van der Waals surface area contributed by atoms with Crippen LogP contribution in [-0.4, -0.2) is 42.6 Å². The molecule has 16 heavy (non-hydrogen) atoms. The quantitative estimate of drug-likeness (QED) is 0.729. The summed E-state index contributed by atoms with van der Waals surface area (Å²) in [7, 11) is 0. The summed E-state index contributed by atoms with van der Waals surface area (Å²) in [6.07, 6.45) is 2.47. The number of hydrogen-bond donors (Lipinski definition) is 1. The Hall–Kier alpha value is -0.610. The van der Waals surface area contributed by atoms with Crippen LogP contribution in [0.15, 0.2) is 0 Å². The lowest BCUT2D eigenvalue weighted by molar-refractivity contribution is -0.145. The van der Waals surface area contributed by atoms with E-state index in [1.54, 1.807) is 6.92 Å². The molecule has 94 valence electrons. The number of piperidine rings is 1. The van der Waals surface area contributed by atoms with Crippen molar-refractivity contribution in [3.05, 3.63) is 0 Å². The number of ether oxygens (including phenoxy) is 1. The molecule has 1 saturated heterocycles. The van der Waals surface area contributed by atoms with Crippen molar-refractivity contribution in [1.82, 2.24) is 4.90 Å². The van der Waals surface area contributed by atoms with Gasteiger partial charge in [0.1, 0.15) is 6.04 Å². The SMILES string of the molecule is CCOC(=O)C(N)CN1CCCC(C)C1C. The molecule has 0 saturated carbocycles.